The van der Waals surface area contributed by atoms with Gasteiger partial charge in [-0.2, -0.15) is 0 Å². The molecule has 21 heavy (non-hydrogen) atoms. The molecular formula is C16H16ClN3O. The molecule has 0 aliphatic heterocycles. The van der Waals surface area contributed by atoms with E-state index in [1.54, 1.807) is 6.07 Å². The largest absolute Gasteiger partial charge is 0.486 e. The van der Waals surface area contributed by atoms with Crippen LogP contribution in [0.2, 0.25) is 5.02 Å². The third-order valence-electron chi connectivity index (χ3n) is 3.34. The Labute approximate surface area is 128 Å². The standard InChI is InChI=1S/C16H16ClN3O/c1-2-20-15(10-21-12-6-3-5-11(18)9-12)19-14-8-4-7-13(17)16(14)20/h3-9H,2,10,18H2,1H3. The second-order valence-corrected chi connectivity index (χ2v) is 5.15. The molecule has 0 spiro atoms. The molecule has 1 heterocycles. The molecule has 1 aromatic heterocycles. The Balaban J connectivity index is 1.92. The molecule has 0 saturated carbocycles. The average Bonchev–Trinajstić information content (AvgIpc) is 2.84. The van der Waals surface area contributed by atoms with Crippen LogP contribution < -0.4 is 10.5 Å². The van der Waals surface area contributed by atoms with Gasteiger partial charge in [-0.15, -0.1) is 0 Å². The van der Waals surface area contributed by atoms with Gasteiger partial charge in [0, 0.05) is 18.3 Å². The molecule has 4 nitrogen and oxygen atoms in total. The van der Waals surface area contributed by atoms with Crippen molar-refractivity contribution in [2.24, 2.45) is 0 Å². The number of benzene rings is 2. The summed E-state index contributed by atoms with van der Waals surface area (Å²) in [5, 5.41) is 0.706. The van der Waals surface area contributed by atoms with E-state index in [2.05, 4.69) is 16.5 Å². The Bertz CT molecular complexity index is 782. The molecule has 0 atom stereocenters. The van der Waals surface area contributed by atoms with Gasteiger partial charge in [0.05, 0.1) is 16.1 Å². The molecule has 0 amide bonds. The lowest BCUT2D eigenvalue weighted by atomic mass is 10.3. The molecule has 0 radical (unpaired) electrons. The first-order valence-electron chi connectivity index (χ1n) is 6.81. The number of hydrogen-bond acceptors (Lipinski definition) is 3. The highest BCUT2D eigenvalue weighted by atomic mass is 35.5. The summed E-state index contributed by atoms with van der Waals surface area (Å²) in [5.41, 5.74) is 8.26. The molecule has 0 aliphatic carbocycles. The maximum Gasteiger partial charge on any atom is 0.148 e. The normalized spacial score (nSPS) is 11.0. The first-order valence-corrected chi connectivity index (χ1v) is 7.19. The molecule has 3 aromatic rings. The van der Waals surface area contributed by atoms with Gasteiger partial charge in [0.1, 0.15) is 18.2 Å². The lowest BCUT2D eigenvalue weighted by Gasteiger charge is -2.09. The van der Waals surface area contributed by atoms with Crippen molar-refractivity contribution >= 4 is 28.3 Å². The third-order valence-corrected chi connectivity index (χ3v) is 3.64. The summed E-state index contributed by atoms with van der Waals surface area (Å²) in [5.74, 6) is 1.58. The van der Waals surface area contributed by atoms with E-state index in [4.69, 9.17) is 22.1 Å². The van der Waals surface area contributed by atoms with Crippen LogP contribution in [-0.2, 0) is 13.2 Å². The average molecular weight is 302 g/mol. The number of ether oxygens (including phenoxy) is 1. The summed E-state index contributed by atoms with van der Waals surface area (Å²) in [7, 11) is 0. The van der Waals surface area contributed by atoms with Crippen molar-refractivity contribution in [3.63, 3.8) is 0 Å². The third kappa shape index (κ3) is 2.67. The summed E-state index contributed by atoms with van der Waals surface area (Å²) < 4.78 is 7.85. The predicted molar refractivity (Wildman–Crippen MR) is 85.6 cm³/mol. The van der Waals surface area contributed by atoms with Gasteiger partial charge in [-0.05, 0) is 31.2 Å². The minimum atomic E-state index is 0.377. The van der Waals surface area contributed by atoms with Crippen LogP contribution in [-0.4, -0.2) is 9.55 Å². The Morgan fingerprint density at radius 3 is 2.81 bits per heavy atom. The molecule has 0 saturated heterocycles. The van der Waals surface area contributed by atoms with E-state index >= 15 is 0 Å². The molecule has 0 fully saturated rings. The van der Waals surface area contributed by atoms with E-state index in [0.29, 0.717) is 17.3 Å². The molecular weight excluding hydrogens is 286 g/mol. The highest BCUT2D eigenvalue weighted by molar-refractivity contribution is 6.35. The molecule has 0 unspecified atom stereocenters. The number of aromatic nitrogens is 2. The fraction of sp³-hybridized carbons (Fsp3) is 0.188. The van der Waals surface area contributed by atoms with Crippen LogP contribution in [0.4, 0.5) is 5.69 Å². The zero-order chi connectivity index (χ0) is 14.8. The summed E-state index contributed by atoms with van der Waals surface area (Å²) in [6.45, 7) is 3.23. The fourth-order valence-electron chi connectivity index (χ4n) is 2.39. The van der Waals surface area contributed by atoms with Gasteiger partial charge in [-0.25, -0.2) is 4.98 Å². The van der Waals surface area contributed by atoms with E-state index in [0.717, 1.165) is 29.2 Å². The quantitative estimate of drug-likeness (QED) is 0.744. The highest BCUT2D eigenvalue weighted by Crippen LogP contribution is 2.25. The number of nitrogens with two attached hydrogens (primary N) is 1. The minimum absolute atomic E-state index is 0.377. The zero-order valence-electron chi connectivity index (χ0n) is 11.7. The second-order valence-electron chi connectivity index (χ2n) is 4.74. The number of halogens is 1. The van der Waals surface area contributed by atoms with Gasteiger partial charge in [0.2, 0.25) is 0 Å². The van der Waals surface area contributed by atoms with E-state index in [-0.39, 0.29) is 0 Å². The predicted octanol–water partition coefficient (Wildman–Crippen LogP) is 3.87. The lowest BCUT2D eigenvalue weighted by molar-refractivity contribution is 0.291. The van der Waals surface area contributed by atoms with Crippen molar-refractivity contribution in [1.29, 1.82) is 0 Å². The van der Waals surface area contributed by atoms with Gasteiger partial charge in [-0.3, -0.25) is 0 Å². The number of para-hydroxylation sites is 1. The van der Waals surface area contributed by atoms with Crippen LogP contribution in [0.5, 0.6) is 5.75 Å². The summed E-state index contributed by atoms with van der Waals surface area (Å²) >= 11 is 6.27. The van der Waals surface area contributed by atoms with Gasteiger partial charge in [0.25, 0.3) is 0 Å². The number of rotatable bonds is 4. The maximum absolute atomic E-state index is 6.27. The number of anilines is 1. The van der Waals surface area contributed by atoms with Crippen LogP contribution >= 0.6 is 11.6 Å². The summed E-state index contributed by atoms with van der Waals surface area (Å²) in [4.78, 5) is 4.60. The number of fused-ring (bicyclic) bond motifs is 1. The minimum Gasteiger partial charge on any atom is -0.486 e. The zero-order valence-corrected chi connectivity index (χ0v) is 12.5. The smallest absolute Gasteiger partial charge is 0.148 e. The SMILES string of the molecule is CCn1c(COc2cccc(N)c2)nc2cccc(Cl)c21. The summed E-state index contributed by atoms with van der Waals surface area (Å²) in [6.07, 6.45) is 0. The van der Waals surface area contributed by atoms with Crippen molar-refractivity contribution in [1.82, 2.24) is 9.55 Å². The number of nitrogens with zero attached hydrogens (tertiary/aromatic N) is 2. The molecule has 0 aliphatic rings. The van der Waals surface area contributed by atoms with Gasteiger partial charge in [-0.1, -0.05) is 23.7 Å². The Morgan fingerprint density at radius 1 is 1.24 bits per heavy atom. The van der Waals surface area contributed by atoms with Crippen molar-refractivity contribution < 1.29 is 4.74 Å². The first kappa shape index (κ1) is 13.8. The van der Waals surface area contributed by atoms with E-state index in [1.165, 1.54) is 0 Å². The molecule has 5 heteroatoms. The van der Waals surface area contributed by atoms with Crippen LogP contribution in [0.15, 0.2) is 42.5 Å². The monoisotopic (exact) mass is 301 g/mol. The second kappa shape index (κ2) is 5.66. The van der Waals surface area contributed by atoms with Crippen LogP contribution in [0.25, 0.3) is 11.0 Å². The maximum atomic E-state index is 6.27. The number of nitrogen functional groups attached to an aromatic ring is 1. The Kier molecular flexibility index (Phi) is 3.71. The first-order chi connectivity index (χ1) is 10.2. The highest BCUT2D eigenvalue weighted by Gasteiger charge is 2.12. The summed E-state index contributed by atoms with van der Waals surface area (Å²) in [6, 6.07) is 13.1. The molecule has 2 N–H and O–H groups in total. The van der Waals surface area contributed by atoms with Crippen molar-refractivity contribution in [2.45, 2.75) is 20.1 Å². The number of aryl methyl sites for hydroxylation is 1. The van der Waals surface area contributed by atoms with Gasteiger partial charge in [0.15, 0.2) is 0 Å². The van der Waals surface area contributed by atoms with E-state index in [9.17, 15) is 0 Å². The topological polar surface area (TPSA) is 53.1 Å². The number of imidazole rings is 1. The molecule has 108 valence electrons. The van der Waals surface area contributed by atoms with Crippen LogP contribution in [0, 0.1) is 0 Å². The molecule has 3 rings (SSSR count). The Hall–Kier alpha value is -2.20. The van der Waals surface area contributed by atoms with Crippen LogP contribution in [0.3, 0.4) is 0 Å². The van der Waals surface area contributed by atoms with Crippen molar-refractivity contribution in [3.8, 4) is 5.75 Å². The van der Waals surface area contributed by atoms with Gasteiger partial charge < -0.3 is 15.0 Å². The van der Waals surface area contributed by atoms with Crippen LogP contribution in [0.1, 0.15) is 12.7 Å². The van der Waals surface area contributed by atoms with E-state index in [1.807, 2.05) is 36.4 Å². The lowest BCUT2D eigenvalue weighted by Crippen LogP contribution is -2.06. The van der Waals surface area contributed by atoms with Crippen molar-refractivity contribution in [3.05, 3.63) is 53.3 Å². The molecule has 2 aromatic carbocycles. The van der Waals surface area contributed by atoms with Gasteiger partial charge >= 0.3 is 0 Å². The van der Waals surface area contributed by atoms with E-state index < -0.39 is 0 Å². The Morgan fingerprint density at radius 2 is 2.05 bits per heavy atom. The number of hydrogen-bond donors (Lipinski definition) is 1. The molecule has 0 bridgehead atoms. The van der Waals surface area contributed by atoms with Crippen molar-refractivity contribution in [2.75, 3.05) is 5.73 Å². The fourth-order valence-corrected chi connectivity index (χ4v) is 2.66.